The van der Waals surface area contributed by atoms with E-state index in [-0.39, 0.29) is 18.6 Å². The van der Waals surface area contributed by atoms with Gasteiger partial charge in [0.2, 0.25) is 5.43 Å². The zero-order chi connectivity index (χ0) is 15.2. The monoisotopic (exact) mass is 288 g/mol. The number of rotatable bonds is 2. The average molecular weight is 288 g/mol. The quantitative estimate of drug-likeness (QED) is 0.704. The predicted octanol–water partition coefficient (Wildman–Crippen LogP) is 1.93. The highest BCUT2D eigenvalue weighted by Gasteiger charge is 2.07. The lowest BCUT2D eigenvalue weighted by Crippen LogP contribution is -2.01. The maximum Gasteiger partial charge on any atom is 0.200 e. The van der Waals surface area contributed by atoms with E-state index in [0.717, 1.165) is 0 Å². The van der Waals surface area contributed by atoms with Gasteiger partial charge < -0.3 is 19.4 Å². The summed E-state index contributed by atoms with van der Waals surface area (Å²) >= 11 is 0. The van der Waals surface area contributed by atoms with E-state index in [0.29, 0.717) is 27.7 Å². The fraction of sp³-hybridized carbons (Fsp3) is 0.188. The summed E-state index contributed by atoms with van der Waals surface area (Å²) in [6, 6.07) is 12.5. The maximum atomic E-state index is 12.2. The van der Waals surface area contributed by atoms with Gasteiger partial charge in [0.1, 0.15) is 16.9 Å². The minimum atomic E-state index is -0.125. The molecule has 3 aromatic rings. The van der Waals surface area contributed by atoms with Crippen LogP contribution in [0.25, 0.3) is 21.9 Å². The second kappa shape index (κ2) is 6.88. The molecule has 21 heavy (non-hydrogen) atoms. The Bertz CT molecular complexity index is 789. The largest absolute Gasteiger partial charge is 0.497 e. The number of benzene rings is 2. The van der Waals surface area contributed by atoms with E-state index < -0.39 is 0 Å². The van der Waals surface area contributed by atoms with Crippen molar-refractivity contribution >= 4 is 21.9 Å². The van der Waals surface area contributed by atoms with Crippen LogP contribution in [0.15, 0.2) is 51.7 Å². The van der Waals surface area contributed by atoms with Crippen molar-refractivity contribution < 1.29 is 19.4 Å². The Morgan fingerprint density at radius 1 is 1.00 bits per heavy atom. The van der Waals surface area contributed by atoms with Gasteiger partial charge >= 0.3 is 0 Å². The van der Waals surface area contributed by atoms with Gasteiger partial charge in [-0.05, 0) is 30.3 Å². The van der Waals surface area contributed by atoms with Crippen molar-refractivity contribution in [2.75, 3.05) is 20.3 Å². The molecule has 2 aromatic carbocycles. The number of aliphatic hydroxyl groups is 2. The number of aliphatic hydroxyl groups excluding tert-OH is 2. The molecule has 0 radical (unpaired) electrons. The number of methoxy groups -OCH3 is 1. The van der Waals surface area contributed by atoms with Crippen molar-refractivity contribution in [1.82, 2.24) is 0 Å². The first-order valence-electron chi connectivity index (χ1n) is 6.42. The van der Waals surface area contributed by atoms with E-state index in [2.05, 4.69) is 0 Å². The van der Waals surface area contributed by atoms with Gasteiger partial charge in [0, 0.05) is 0 Å². The van der Waals surface area contributed by atoms with Gasteiger partial charge in [0.05, 0.1) is 31.1 Å². The summed E-state index contributed by atoms with van der Waals surface area (Å²) in [5.41, 5.74) is 1.16. The van der Waals surface area contributed by atoms with Gasteiger partial charge in [-0.2, -0.15) is 0 Å². The summed E-state index contributed by atoms with van der Waals surface area (Å²) in [6.07, 6.45) is 0. The molecule has 0 saturated heterocycles. The molecule has 0 bridgehead atoms. The summed E-state index contributed by atoms with van der Waals surface area (Å²) in [7, 11) is 1.57. The highest BCUT2D eigenvalue weighted by molar-refractivity contribution is 5.90. The predicted molar refractivity (Wildman–Crippen MR) is 80.7 cm³/mol. The molecule has 3 rings (SSSR count). The van der Waals surface area contributed by atoms with E-state index >= 15 is 0 Å². The van der Waals surface area contributed by atoms with Crippen molar-refractivity contribution in [2.24, 2.45) is 0 Å². The van der Waals surface area contributed by atoms with Crippen LogP contribution >= 0.6 is 0 Å². The Labute approximate surface area is 121 Å². The van der Waals surface area contributed by atoms with Gasteiger partial charge in [-0.3, -0.25) is 4.79 Å². The number of fused-ring (bicyclic) bond motifs is 2. The topological polar surface area (TPSA) is 79.9 Å². The second-order valence-electron chi connectivity index (χ2n) is 4.24. The standard InChI is InChI=1S/C14H10O3.C2H6O2/c1-16-9-6-7-13-11(8-9)14(15)10-4-2-3-5-12(10)17-13;3-1-2-4/h2-8H,1H3;3-4H,1-2H2. The van der Waals surface area contributed by atoms with Crippen LogP contribution < -0.4 is 10.2 Å². The molecule has 1 heterocycles. The molecule has 0 amide bonds. The number of hydrogen-bond donors (Lipinski definition) is 2. The minimum Gasteiger partial charge on any atom is -0.497 e. The average Bonchev–Trinajstić information content (AvgIpc) is 2.55. The molecule has 1 aromatic heterocycles. The summed E-state index contributed by atoms with van der Waals surface area (Å²) in [4.78, 5) is 12.2. The van der Waals surface area contributed by atoms with E-state index in [1.165, 1.54) is 0 Å². The van der Waals surface area contributed by atoms with Crippen LogP contribution in [0.3, 0.4) is 0 Å². The fourth-order valence-corrected chi connectivity index (χ4v) is 1.91. The summed E-state index contributed by atoms with van der Waals surface area (Å²) in [5.74, 6) is 0.653. The summed E-state index contributed by atoms with van der Waals surface area (Å²) in [6.45, 7) is -0.250. The lowest BCUT2D eigenvalue weighted by molar-refractivity contribution is 0.186. The van der Waals surface area contributed by atoms with Crippen LogP contribution in [0.4, 0.5) is 0 Å². The zero-order valence-corrected chi connectivity index (χ0v) is 11.6. The zero-order valence-electron chi connectivity index (χ0n) is 11.6. The van der Waals surface area contributed by atoms with Crippen LogP contribution in [0.5, 0.6) is 5.75 Å². The molecule has 2 N–H and O–H groups in total. The van der Waals surface area contributed by atoms with Crippen molar-refractivity contribution in [1.29, 1.82) is 0 Å². The van der Waals surface area contributed by atoms with Crippen molar-refractivity contribution in [2.45, 2.75) is 0 Å². The number of para-hydroxylation sites is 1. The van der Waals surface area contributed by atoms with Crippen LogP contribution in [0, 0.1) is 0 Å². The highest BCUT2D eigenvalue weighted by atomic mass is 16.5. The van der Waals surface area contributed by atoms with E-state index in [4.69, 9.17) is 19.4 Å². The van der Waals surface area contributed by atoms with Crippen molar-refractivity contribution in [3.63, 3.8) is 0 Å². The minimum absolute atomic E-state index is 0.0271. The SMILES string of the molecule is COc1ccc2oc3ccccc3c(=O)c2c1.OCCO. The van der Waals surface area contributed by atoms with Gasteiger partial charge in [-0.15, -0.1) is 0 Å². The molecule has 0 atom stereocenters. The first-order valence-corrected chi connectivity index (χ1v) is 6.42. The Morgan fingerprint density at radius 2 is 1.67 bits per heavy atom. The third-order valence-electron chi connectivity index (χ3n) is 2.88. The van der Waals surface area contributed by atoms with Crippen LogP contribution in [0.1, 0.15) is 0 Å². The first-order chi connectivity index (χ1) is 10.2. The molecule has 0 spiro atoms. The van der Waals surface area contributed by atoms with Crippen LogP contribution in [-0.2, 0) is 0 Å². The molecule has 0 saturated carbocycles. The Morgan fingerprint density at radius 3 is 2.33 bits per heavy atom. The lowest BCUT2D eigenvalue weighted by atomic mass is 10.1. The highest BCUT2D eigenvalue weighted by Crippen LogP contribution is 2.22. The number of ether oxygens (including phenoxy) is 1. The molecule has 0 fully saturated rings. The Balaban J connectivity index is 0.000000361. The molecule has 0 unspecified atom stereocenters. The maximum absolute atomic E-state index is 12.2. The second-order valence-corrected chi connectivity index (χ2v) is 4.24. The van der Waals surface area contributed by atoms with E-state index in [1.807, 2.05) is 12.1 Å². The molecule has 5 nitrogen and oxygen atoms in total. The van der Waals surface area contributed by atoms with Gasteiger partial charge in [-0.1, -0.05) is 12.1 Å². The molecular formula is C16H16O5. The molecule has 0 aliphatic carbocycles. The van der Waals surface area contributed by atoms with E-state index in [9.17, 15) is 4.79 Å². The van der Waals surface area contributed by atoms with Crippen LogP contribution in [-0.4, -0.2) is 30.5 Å². The Kier molecular flexibility index (Phi) is 4.92. The summed E-state index contributed by atoms with van der Waals surface area (Å²) in [5, 5.41) is 16.4. The third-order valence-corrected chi connectivity index (χ3v) is 2.88. The number of hydrogen-bond acceptors (Lipinski definition) is 5. The Hall–Kier alpha value is -2.37. The molecule has 0 aliphatic rings. The van der Waals surface area contributed by atoms with Crippen molar-refractivity contribution in [3.8, 4) is 5.75 Å². The van der Waals surface area contributed by atoms with Crippen LogP contribution in [0.2, 0.25) is 0 Å². The van der Waals surface area contributed by atoms with Gasteiger partial charge in [0.15, 0.2) is 0 Å². The molecule has 5 heteroatoms. The van der Waals surface area contributed by atoms with Gasteiger partial charge in [-0.25, -0.2) is 0 Å². The molecule has 110 valence electrons. The molecular weight excluding hydrogens is 272 g/mol. The lowest BCUT2D eigenvalue weighted by Gasteiger charge is -2.03. The fourth-order valence-electron chi connectivity index (χ4n) is 1.91. The normalized spacial score (nSPS) is 10.2. The summed E-state index contributed by atoms with van der Waals surface area (Å²) < 4.78 is 10.8. The van der Waals surface area contributed by atoms with Crippen molar-refractivity contribution in [3.05, 3.63) is 52.7 Å². The van der Waals surface area contributed by atoms with Gasteiger partial charge in [0.25, 0.3) is 0 Å². The molecule has 0 aliphatic heterocycles. The smallest absolute Gasteiger partial charge is 0.200 e. The first kappa shape index (κ1) is 15.0. The van der Waals surface area contributed by atoms with E-state index in [1.54, 1.807) is 37.4 Å². The third kappa shape index (κ3) is 3.21.